The molecule has 2 fully saturated rings. The Morgan fingerprint density at radius 1 is 1.40 bits per heavy atom. The van der Waals surface area contributed by atoms with Crippen LogP contribution in [0.5, 0.6) is 0 Å². The third kappa shape index (κ3) is 2.68. The van der Waals surface area contributed by atoms with Crippen molar-refractivity contribution in [1.82, 2.24) is 20.4 Å². The van der Waals surface area contributed by atoms with E-state index in [0.29, 0.717) is 25.4 Å². The van der Waals surface area contributed by atoms with E-state index >= 15 is 0 Å². The lowest BCUT2D eigenvalue weighted by Crippen LogP contribution is -2.52. The largest absolute Gasteiger partial charge is 0.351 e. The number of allylic oxidation sites excluding steroid dienone is 1. The van der Waals surface area contributed by atoms with Crippen LogP contribution in [0, 0.1) is 12.3 Å². The normalized spacial score (nSPS) is 26.7. The maximum Gasteiger partial charge on any atom is 0.232 e. The SMILES string of the molecule is Cc1[nH]ncc1CNC(=O)C12CCC=C1N(C1CCCC1)C(=O)CC2. The van der Waals surface area contributed by atoms with E-state index in [1.807, 2.05) is 11.8 Å². The van der Waals surface area contributed by atoms with Crippen molar-refractivity contribution in [3.05, 3.63) is 29.2 Å². The topological polar surface area (TPSA) is 78.1 Å². The molecule has 3 aliphatic rings. The van der Waals surface area contributed by atoms with E-state index < -0.39 is 5.41 Å². The van der Waals surface area contributed by atoms with Crippen LogP contribution < -0.4 is 5.32 Å². The molecule has 6 heteroatoms. The summed E-state index contributed by atoms with van der Waals surface area (Å²) in [5.41, 5.74) is 2.45. The zero-order valence-corrected chi connectivity index (χ0v) is 14.8. The number of carbonyl (C=O) groups excluding carboxylic acids is 2. The molecule has 1 aromatic rings. The minimum Gasteiger partial charge on any atom is -0.351 e. The zero-order chi connectivity index (χ0) is 17.4. The molecule has 2 aliphatic carbocycles. The molecular weight excluding hydrogens is 316 g/mol. The molecule has 0 spiro atoms. The van der Waals surface area contributed by atoms with E-state index in [1.165, 1.54) is 12.8 Å². The Morgan fingerprint density at radius 3 is 2.92 bits per heavy atom. The molecule has 6 nitrogen and oxygen atoms in total. The molecule has 1 aromatic heterocycles. The van der Waals surface area contributed by atoms with Crippen LogP contribution in [0.1, 0.15) is 62.6 Å². The molecule has 2 heterocycles. The number of nitrogens with one attached hydrogen (secondary N) is 2. The van der Waals surface area contributed by atoms with Crippen molar-refractivity contribution in [2.75, 3.05) is 0 Å². The lowest BCUT2D eigenvalue weighted by atomic mass is 9.75. The molecule has 1 saturated carbocycles. The summed E-state index contributed by atoms with van der Waals surface area (Å²) in [7, 11) is 0. The van der Waals surface area contributed by atoms with Gasteiger partial charge in [0, 0.05) is 36.0 Å². The van der Waals surface area contributed by atoms with Crippen LogP contribution in [-0.2, 0) is 16.1 Å². The Bertz CT molecular complexity index is 717. The Balaban J connectivity index is 1.55. The Labute approximate surface area is 148 Å². The monoisotopic (exact) mass is 342 g/mol. The van der Waals surface area contributed by atoms with Crippen molar-refractivity contribution in [2.24, 2.45) is 5.41 Å². The van der Waals surface area contributed by atoms with E-state index in [9.17, 15) is 9.59 Å². The van der Waals surface area contributed by atoms with Gasteiger partial charge in [0.05, 0.1) is 11.6 Å². The van der Waals surface area contributed by atoms with E-state index in [1.54, 1.807) is 6.20 Å². The molecular formula is C19H26N4O2. The zero-order valence-electron chi connectivity index (χ0n) is 14.8. The highest BCUT2D eigenvalue weighted by atomic mass is 16.2. The van der Waals surface area contributed by atoms with E-state index in [4.69, 9.17) is 0 Å². The highest BCUT2D eigenvalue weighted by Crippen LogP contribution is 2.50. The molecule has 2 N–H and O–H groups in total. The summed E-state index contributed by atoms with van der Waals surface area (Å²) in [6.45, 7) is 2.43. The minimum atomic E-state index is -0.520. The summed E-state index contributed by atoms with van der Waals surface area (Å²) in [6, 6.07) is 0.292. The number of piperidine rings is 1. The Kier molecular flexibility index (Phi) is 4.13. The highest BCUT2D eigenvalue weighted by Gasteiger charge is 2.52. The van der Waals surface area contributed by atoms with E-state index in [0.717, 1.165) is 42.6 Å². The lowest BCUT2D eigenvalue weighted by Gasteiger charge is -2.44. The summed E-state index contributed by atoms with van der Waals surface area (Å²) < 4.78 is 0. The smallest absolute Gasteiger partial charge is 0.232 e. The van der Waals surface area contributed by atoms with Gasteiger partial charge in [0.15, 0.2) is 0 Å². The number of amides is 2. The number of rotatable bonds is 4. The average Bonchev–Trinajstić information content (AvgIpc) is 3.33. The number of likely N-dealkylation sites (tertiary alicyclic amines) is 1. The van der Waals surface area contributed by atoms with Crippen LogP contribution in [0.4, 0.5) is 0 Å². The maximum atomic E-state index is 13.2. The quantitative estimate of drug-likeness (QED) is 0.883. The van der Waals surface area contributed by atoms with Crippen molar-refractivity contribution >= 4 is 11.8 Å². The number of aromatic amines is 1. The number of hydrogen-bond donors (Lipinski definition) is 2. The molecule has 4 rings (SSSR count). The van der Waals surface area contributed by atoms with Gasteiger partial charge >= 0.3 is 0 Å². The lowest BCUT2D eigenvalue weighted by molar-refractivity contribution is -0.141. The van der Waals surface area contributed by atoms with Gasteiger partial charge in [0.1, 0.15) is 0 Å². The van der Waals surface area contributed by atoms with Gasteiger partial charge in [-0.15, -0.1) is 0 Å². The Morgan fingerprint density at radius 2 is 2.20 bits per heavy atom. The first-order chi connectivity index (χ1) is 12.1. The van der Waals surface area contributed by atoms with Crippen molar-refractivity contribution in [2.45, 2.75) is 70.9 Å². The third-order valence-corrected chi connectivity index (χ3v) is 6.19. The number of aromatic nitrogens is 2. The predicted molar refractivity (Wildman–Crippen MR) is 93.3 cm³/mol. The van der Waals surface area contributed by atoms with Crippen molar-refractivity contribution in [3.63, 3.8) is 0 Å². The van der Waals surface area contributed by atoms with Gasteiger partial charge in [0.25, 0.3) is 0 Å². The second-order valence-electron chi connectivity index (χ2n) is 7.62. The van der Waals surface area contributed by atoms with Gasteiger partial charge in [-0.05, 0) is 39.0 Å². The van der Waals surface area contributed by atoms with Crippen LogP contribution in [0.25, 0.3) is 0 Å². The van der Waals surface area contributed by atoms with E-state index in [2.05, 4.69) is 21.6 Å². The van der Waals surface area contributed by atoms with Crippen LogP contribution in [0.2, 0.25) is 0 Å². The third-order valence-electron chi connectivity index (χ3n) is 6.19. The molecule has 0 radical (unpaired) electrons. The summed E-state index contributed by atoms with van der Waals surface area (Å²) in [4.78, 5) is 27.8. The number of aryl methyl sites for hydroxylation is 1. The number of fused-ring (bicyclic) bond motifs is 1. The van der Waals surface area contributed by atoms with Gasteiger partial charge in [-0.3, -0.25) is 14.7 Å². The Hall–Kier alpha value is -2.11. The van der Waals surface area contributed by atoms with Crippen LogP contribution >= 0.6 is 0 Å². The first-order valence-electron chi connectivity index (χ1n) is 9.42. The predicted octanol–water partition coefficient (Wildman–Crippen LogP) is 2.56. The second-order valence-corrected chi connectivity index (χ2v) is 7.62. The minimum absolute atomic E-state index is 0.0624. The van der Waals surface area contributed by atoms with Gasteiger partial charge in [-0.25, -0.2) is 0 Å². The molecule has 25 heavy (non-hydrogen) atoms. The molecule has 2 amide bonds. The molecule has 1 unspecified atom stereocenters. The molecule has 0 aromatic carbocycles. The fourth-order valence-corrected chi connectivity index (χ4v) is 4.74. The molecule has 1 atom stereocenters. The standard InChI is InChI=1S/C19H26N4O2/c1-13-14(12-21-22-13)11-20-18(25)19-9-4-7-16(19)23(17(24)8-10-19)15-5-2-3-6-15/h7,12,15H,2-6,8-11H2,1H3,(H,20,25)(H,21,22). The van der Waals surface area contributed by atoms with Gasteiger partial charge in [-0.2, -0.15) is 5.10 Å². The summed E-state index contributed by atoms with van der Waals surface area (Å²) >= 11 is 0. The maximum absolute atomic E-state index is 13.2. The fourth-order valence-electron chi connectivity index (χ4n) is 4.74. The summed E-state index contributed by atoms with van der Waals surface area (Å²) in [5, 5.41) is 10.0. The molecule has 0 bridgehead atoms. The first-order valence-corrected chi connectivity index (χ1v) is 9.42. The van der Waals surface area contributed by atoms with Crippen molar-refractivity contribution in [1.29, 1.82) is 0 Å². The van der Waals surface area contributed by atoms with Gasteiger partial charge in [0.2, 0.25) is 11.8 Å². The van der Waals surface area contributed by atoms with E-state index in [-0.39, 0.29) is 11.8 Å². The van der Waals surface area contributed by atoms with Crippen molar-refractivity contribution < 1.29 is 9.59 Å². The molecule has 1 aliphatic heterocycles. The highest BCUT2D eigenvalue weighted by molar-refractivity contribution is 5.91. The fraction of sp³-hybridized carbons (Fsp3) is 0.632. The number of H-pyrrole nitrogens is 1. The van der Waals surface area contributed by atoms with Crippen LogP contribution in [0.3, 0.4) is 0 Å². The summed E-state index contributed by atoms with van der Waals surface area (Å²) in [6.07, 6.45) is 11.2. The molecule has 134 valence electrons. The number of carbonyl (C=O) groups is 2. The number of hydrogen-bond acceptors (Lipinski definition) is 3. The summed E-state index contributed by atoms with van der Waals surface area (Å²) in [5.74, 6) is 0.265. The molecule has 1 saturated heterocycles. The van der Waals surface area contributed by atoms with Gasteiger partial charge < -0.3 is 10.2 Å². The number of nitrogens with zero attached hydrogens (tertiary/aromatic N) is 2. The van der Waals surface area contributed by atoms with Gasteiger partial charge in [-0.1, -0.05) is 18.9 Å². The first kappa shape index (κ1) is 16.4. The average molecular weight is 342 g/mol. The van der Waals surface area contributed by atoms with Crippen molar-refractivity contribution in [3.8, 4) is 0 Å². The van der Waals surface area contributed by atoms with Crippen LogP contribution in [0.15, 0.2) is 18.0 Å². The van der Waals surface area contributed by atoms with Crippen LogP contribution in [-0.4, -0.2) is 33.0 Å². The second kappa shape index (κ2) is 6.32.